The number of hydrogen-bond donors (Lipinski definition) is 2. The third kappa shape index (κ3) is 3.59. The largest absolute Gasteiger partial charge is 0.366 e. The lowest BCUT2D eigenvalue weighted by Gasteiger charge is -2.09. The van der Waals surface area contributed by atoms with Crippen LogP contribution in [0.15, 0.2) is 51.8 Å². The number of sulfonamides is 1. The van der Waals surface area contributed by atoms with Crippen molar-refractivity contribution in [2.24, 2.45) is 5.73 Å². The van der Waals surface area contributed by atoms with Crippen LogP contribution in [0, 0.1) is 5.82 Å². The molecule has 0 aliphatic rings. The molecule has 1 amide bonds. The van der Waals surface area contributed by atoms with Crippen LogP contribution < -0.4 is 10.5 Å². The van der Waals surface area contributed by atoms with Gasteiger partial charge in [0.25, 0.3) is 10.0 Å². The molecule has 0 atom stereocenters. The van der Waals surface area contributed by atoms with E-state index in [2.05, 4.69) is 20.7 Å². The number of carbonyl (C=O) groups excluding carboxylic acids is 1. The molecule has 2 aromatic rings. The van der Waals surface area contributed by atoms with Gasteiger partial charge in [0.1, 0.15) is 10.7 Å². The Hall–Kier alpha value is -1.93. The Morgan fingerprint density at radius 3 is 2.52 bits per heavy atom. The van der Waals surface area contributed by atoms with E-state index >= 15 is 0 Å². The number of benzene rings is 2. The SMILES string of the molecule is NC(=O)c1cccc(NS(=O)(=O)c2ccc(Br)cc2F)c1. The highest BCUT2D eigenvalue weighted by atomic mass is 79.9. The third-order valence-electron chi connectivity index (χ3n) is 2.58. The van der Waals surface area contributed by atoms with E-state index in [1.54, 1.807) is 0 Å². The smallest absolute Gasteiger partial charge is 0.264 e. The number of carbonyl (C=O) groups is 1. The molecule has 0 saturated carbocycles. The van der Waals surface area contributed by atoms with E-state index in [0.717, 1.165) is 12.1 Å². The van der Waals surface area contributed by atoms with Crippen LogP contribution in [-0.2, 0) is 10.0 Å². The molecule has 0 fully saturated rings. The van der Waals surface area contributed by atoms with E-state index in [4.69, 9.17) is 5.73 Å². The zero-order valence-electron chi connectivity index (χ0n) is 10.5. The molecule has 0 heterocycles. The molecule has 8 heteroatoms. The van der Waals surface area contributed by atoms with E-state index in [-0.39, 0.29) is 11.3 Å². The number of amides is 1. The Morgan fingerprint density at radius 2 is 1.90 bits per heavy atom. The molecule has 0 saturated heterocycles. The van der Waals surface area contributed by atoms with Gasteiger partial charge in [-0.2, -0.15) is 0 Å². The summed E-state index contributed by atoms with van der Waals surface area (Å²) in [4.78, 5) is 10.6. The number of nitrogens with two attached hydrogens (primary N) is 1. The standard InChI is InChI=1S/C13H10BrFN2O3S/c14-9-4-5-12(11(15)7-9)21(19,20)17-10-3-1-2-8(6-10)13(16)18/h1-7,17H,(H2,16,18). The van der Waals surface area contributed by atoms with E-state index in [0.29, 0.717) is 4.47 Å². The Labute approximate surface area is 129 Å². The van der Waals surface area contributed by atoms with Gasteiger partial charge in [-0.05, 0) is 36.4 Å². The van der Waals surface area contributed by atoms with Crippen LogP contribution in [0.1, 0.15) is 10.4 Å². The Balaban J connectivity index is 2.37. The normalized spacial score (nSPS) is 11.1. The van der Waals surface area contributed by atoms with E-state index < -0.39 is 26.6 Å². The fourth-order valence-corrected chi connectivity index (χ4v) is 3.08. The summed E-state index contributed by atoms with van der Waals surface area (Å²) in [7, 11) is -4.10. The molecule has 2 rings (SSSR count). The van der Waals surface area contributed by atoms with Gasteiger partial charge in [-0.3, -0.25) is 9.52 Å². The fraction of sp³-hybridized carbons (Fsp3) is 0. The first-order valence-electron chi connectivity index (χ1n) is 5.67. The molecule has 110 valence electrons. The van der Waals surface area contributed by atoms with Gasteiger partial charge >= 0.3 is 0 Å². The van der Waals surface area contributed by atoms with E-state index in [1.165, 1.54) is 30.3 Å². The average molecular weight is 373 g/mol. The fourth-order valence-electron chi connectivity index (χ4n) is 1.64. The highest BCUT2D eigenvalue weighted by molar-refractivity contribution is 9.10. The molecule has 0 aliphatic carbocycles. The molecule has 5 nitrogen and oxygen atoms in total. The Morgan fingerprint density at radius 1 is 1.19 bits per heavy atom. The second kappa shape index (κ2) is 5.82. The van der Waals surface area contributed by atoms with Gasteiger partial charge in [-0.25, -0.2) is 12.8 Å². The summed E-state index contributed by atoms with van der Waals surface area (Å²) in [6.07, 6.45) is 0. The van der Waals surface area contributed by atoms with Crippen molar-refractivity contribution < 1.29 is 17.6 Å². The maximum Gasteiger partial charge on any atom is 0.264 e. The highest BCUT2D eigenvalue weighted by Crippen LogP contribution is 2.22. The molecular weight excluding hydrogens is 363 g/mol. The molecule has 0 aliphatic heterocycles. The van der Waals surface area contributed by atoms with Crippen molar-refractivity contribution in [2.75, 3.05) is 4.72 Å². The zero-order chi connectivity index (χ0) is 15.6. The summed E-state index contributed by atoms with van der Waals surface area (Å²) in [6, 6.07) is 9.22. The summed E-state index contributed by atoms with van der Waals surface area (Å²) in [5.41, 5.74) is 5.38. The van der Waals surface area contributed by atoms with Crippen molar-refractivity contribution in [3.8, 4) is 0 Å². The number of halogens is 2. The molecule has 21 heavy (non-hydrogen) atoms. The van der Waals surface area contributed by atoms with Crippen LogP contribution in [-0.4, -0.2) is 14.3 Å². The average Bonchev–Trinajstić information content (AvgIpc) is 2.37. The zero-order valence-corrected chi connectivity index (χ0v) is 12.9. The molecule has 0 bridgehead atoms. The molecule has 0 radical (unpaired) electrons. The van der Waals surface area contributed by atoms with Gasteiger partial charge in [-0.1, -0.05) is 22.0 Å². The lowest BCUT2D eigenvalue weighted by Crippen LogP contribution is -2.16. The van der Waals surface area contributed by atoms with Crippen molar-refractivity contribution in [3.05, 3.63) is 58.3 Å². The Kier molecular flexibility index (Phi) is 4.29. The minimum Gasteiger partial charge on any atom is -0.366 e. The minimum absolute atomic E-state index is 0.119. The van der Waals surface area contributed by atoms with Crippen molar-refractivity contribution in [2.45, 2.75) is 4.90 Å². The van der Waals surface area contributed by atoms with Gasteiger partial charge in [-0.15, -0.1) is 0 Å². The first-order valence-corrected chi connectivity index (χ1v) is 7.95. The second-order valence-corrected chi connectivity index (χ2v) is 6.69. The van der Waals surface area contributed by atoms with Gasteiger partial charge in [0, 0.05) is 15.7 Å². The Bertz CT molecular complexity index is 809. The third-order valence-corrected chi connectivity index (χ3v) is 4.49. The molecule has 0 unspecified atom stereocenters. The molecule has 2 aromatic carbocycles. The summed E-state index contributed by atoms with van der Waals surface area (Å²) < 4.78 is 40.6. The minimum atomic E-state index is -4.10. The lowest BCUT2D eigenvalue weighted by molar-refractivity contribution is 0.100. The quantitative estimate of drug-likeness (QED) is 0.863. The molecule has 3 N–H and O–H groups in total. The topological polar surface area (TPSA) is 89.3 Å². The van der Waals surface area contributed by atoms with Crippen LogP contribution >= 0.6 is 15.9 Å². The first-order chi connectivity index (χ1) is 9.79. The van der Waals surface area contributed by atoms with Crippen LogP contribution in [0.5, 0.6) is 0 Å². The molecular formula is C13H10BrFN2O3S. The summed E-state index contributed by atoms with van der Waals surface area (Å²) in [6.45, 7) is 0. The number of primary amides is 1. The number of rotatable bonds is 4. The van der Waals surface area contributed by atoms with Gasteiger partial charge in [0.05, 0.1) is 0 Å². The van der Waals surface area contributed by atoms with E-state index in [1.807, 2.05) is 0 Å². The highest BCUT2D eigenvalue weighted by Gasteiger charge is 2.19. The van der Waals surface area contributed by atoms with Crippen LogP contribution in [0.25, 0.3) is 0 Å². The van der Waals surface area contributed by atoms with E-state index in [9.17, 15) is 17.6 Å². The monoisotopic (exact) mass is 372 g/mol. The van der Waals surface area contributed by atoms with Gasteiger partial charge in [0.15, 0.2) is 0 Å². The second-order valence-electron chi connectivity index (χ2n) is 4.13. The predicted octanol–water partition coefficient (Wildman–Crippen LogP) is 2.49. The maximum atomic E-state index is 13.7. The van der Waals surface area contributed by atoms with Crippen molar-refractivity contribution in [3.63, 3.8) is 0 Å². The van der Waals surface area contributed by atoms with Crippen LogP contribution in [0.2, 0.25) is 0 Å². The number of nitrogens with one attached hydrogen (secondary N) is 1. The predicted molar refractivity (Wildman–Crippen MR) is 79.9 cm³/mol. The molecule has 0 spiro atoms. The molecule has 0 aromatic heterocycles. The van der Waals surface area contributed by atoms with Crippen molar-refractivity contribution in [1.29, 1.82) is 0 Å². The summed E-state index contributed by atoms with van der Waals surface area (Å²) >= 11 is 3.05. The number of anilines is 1. The lowest BCUT2D eigenvalue weighted by atomic mass is 10.2. The number of hydrogen-bond acceptors (Lipinski definition) is 3. The van der Waals surface area contributed by atoms with Crippen molar-refractivity contribution in [1.82, 2.24) is 0 Å². The van der Waals surface area contributed by atoms with Crippen molar-refractivity contribution >= 4 is 37.5 Å². The van der Waals surface area contributed by atoms with Gasteiger partial charge < -0.3 is 5.73 Å². The summed E-state index contributed by atoms with van der Waals surface area (Å²) in [5, 5.41) is 0. The first kappa shape index (κ1) is 15.5. The van der Waals surface area contributed by atoms with Gasteiger partial charge in [0.2, 0.25) is 5.91 Å². The maximum absolute atomic E-state index is 13.7. The van der Waals surface area contributed by atoms with Crippen LogP contribution in [0.4, 0.5) is 10.1 Å². The summed E-state index contributed by atoms with van der Waals surface area (Å²) in [5.74, 6) is -1.58. The van der Waals surface area contributed by atoms with Crippen LogP contribution in [0.3, 0.4) is 0 Å².